The maximum Gasteiger partial charge on any atom is 0.0774 e. The molecule has 98 valence electrons. The maximum atomic E-state index is 9.83. The highest BCUT2D eigenvalue weighted by Gasteiger charge is 2.21. The highest BCUT2D eigenvalue weighted by Crippen LogP contribution is 2.20. The van der Waals surface area contributed by atoms with Crippen LogP contribution in [0.2, 0.25) is 0 Å². The van der Waals surface area contributed by atoms with E-state index in [2.05, 4.69) is 0 Å². The first-order chi connectivity index (χ1) is 7.65. The summed E-state index contributed by atoms with van der Waals surface area (Å²) in [5.74, 6) is -0.203. The van der Waals surface area contributed by atoms with Crippen molar-refractivity contribution in [1.82, 2.24) is 0 Å². The van der Waals surface area contributed by atoms with Gasteiger partial charge < -0.3 is 25.5 Å². The predicted octanol–water partition coefficient (Wildman–Crippen LogP) is -0.748. The quantitative estimate of drug-likeness (QED) is 0.321. The van der Waals surface area contributed by atoms with Gasteiger partial charge in [-0.25, -0.2) is 0 Å². The highest BCUT2D eigenvalue weighted by atomic mass is 16.3. The van der Waals surface area contributed by atoms with E-state index in [4.69, 9.17) is 15.3 Å². The van der Waals surface area contributed by atoms with E-state index in [-0.39, 0.29) is 32.2 Å². The van der Waals surface area contributed by atoms with Crippen LogP contribution in [0.15, 0.2) is 0 Å². The van der Waals surface area contributed by atoms with Crippen LogP contribution in [-0.2, 0) is 0 Å². The zero-order valence-electron chi connectivity index (χ0n) is 9.62. The molecule has 16 heavy (non-hydrogen) atoms. The fourth-order valence-electron chi connectivity index (χ4n) is 1.76. The molecule has 0 aliphatic rings. The normalized spacial score (nSPS) is 17.1. The van der Waals surface area contributed by atoms with Crippen molar-refractivity contribution in [2.24, 2.45) is 5.92 Å². The molecule has 0 saturated carbocycles. The van der Waals surface area contributed by atoms with Crippen molar-refractivity contribution in [3.05, 3.63) is 0 Å². The minimum absolute atomic E-state index is 0.0418. The summed E-state index contributed by atoms with van der Waals surface area (Å²) >= 11 is 0. The van der Waals surface area contributed by atoms with Gasteiger partial charge in [0.2, 0.25) is 0 Å². The fraction of sp³-hybridized carbons (Fsp3) is 1.00. The summed E-state index contributed by atoms with van der Waals surface area (Å²) in [5, 5.41) is 45.3. The van der Waals surface area contributed by atoms with Gasteiger partial charge in [0.05, 0.1) is 18.8 Å². The van der Waals surface area contributed by atoms with E-state index >= 15 is 0 Å². The van der Waals surface area contributed by atoms with Crippen molar-refractivity contribution in [3.8, 4) is 0 Å². The third-order valence-corrected chi connectivity index (χ3v) is 2.74. The minimum atomic E-state index is -0.843. The Bertz CT molecular complexity index is 153. The molecule has 0 fully saturated rings. The molecule has 0 saturated heterocycles. The summed E-state index contributed by atoms with van der Waals surface area (Å²) in [6.07, 6.45) is 1.17. The summed E-state index contributed by atoms with van der Waals surface area (Å²) in [6.45, 7) is -0.262. The van der Waals surface area contributed by atoms with E-state index in [0.717, 1.165) is 6.42 Å². The van der Waals surface area contributed by atoms with Gasteiger partial charge in [-0.3, -0.25) is 0 Å². The van der Waals surface area contributed by atoms with Gasteiger partial charge in [0.1, 0.15) is 0 Å². The van der Waals surface area contributed by atoms with Gasteiger partial charge in [-0.05, 0) is 38.0 Å². The zero-order valence-corrected chi connectivity index (χ0v) is 9.62. The summed E-state index contributed by atoms with van der Waals surface area (Å²) in [5.41, 5.74) is 0. The average molecular weight is 236 g/mol. The third kappa shape index (κ3) is 7.14. The van der Waals surface area contributed by atoms with Crippen molar-refractivity contribution in [1.29, 1.82) is 0 Å². The number of hydrogen-bond acceptors (Lipinski definition) is 5. The molecule has 0 rings (SSSR count). The van der Waals surface area contributed by atoms with E-state index in [9.17, 15) is 10.2 Å². The maximum absolute atomic E-state index is 9.83. The Kier molecular flexibility index (Phi) is 9.86. The number of rotatable bonds is 10. The minimum Gasteiger partial charge on any atom is -0.396 e. The second-order valence-electron chi connectivity index (χ2n) is 4.13. The molecule has 5 N–H and O–H groups in total. The lowest BCUT2D eigenvalue weighted by Gasteiger charge is -2.24. The van der Waals surface area contributed by atoms with E-state index in [1.165, 1.54) is 0 Å². The second-order valence-corrected chi connectivity index (χ2v) is 4.13. The molecule has 0 spiro atoms. The molecule has 5 nitrogen and oxygen atoms in total. The predicted molar refractivity (Wildman–Crippen MR) is 59.8 cm³/mol. The smallest absolute Gasteiger partial charge is 0.0774 e. The van der Waals surface area contributed by atoms with Crippen LogP contribution in [0.1, 0.15) is 32.1 Å². The lowest BCUT2D eigenvalue weighted by Crippen LogP contribution is -2.27. The number of hydrogen-bond donors (Lipinski definition) is 5. The standard InChI is InChI=1S/C11H24O5/c12-5-2-1-3-11(16)9(4-6-13)7-10(15)8-14/h9-16H,1-8H2. The van der Waals surface area contributed by atoms with Crippen molar-refractivity contribution >= 4 is 0 Å². The van der Waals surface area contributed by atoms with Crippen LogP contribution < -0.4 is 0 Å². The van der Waals surface area contributed by atoms with Gasteiger partial charge in [-0.1, -0.05) is 0 Å². The van der Waals surface area contributed by atoms with Gasteiger partial charge in [-0.2, -0.15) is 0 Å². The molecule has 0 heterocycles. The van der Waals surface area contributed by atoms with Gasteiger partial charge in [0.25, 0.3) is 0 Å². The van der Waals surface area contributed by atoms with E-state index in [0.29, 0.717) is 19.3 Å². The Morgan fingerprint density at radius 3 is 2.00 bits per heavy atom. The number of aliphatic hydroxyl groups excluding tert-OH is 5. The molecule has 5 heteroatoms. The first-order valence-corrected chi connectivity index (χ1v) is 5.84. The van der Waals surface area contributed by atoms with Crippen LogP contribution in [0.3, 0.4) is 0 Å². The van der Waals surface area contributed by atoms with E-state index in [1.807, 2.05) is 0 Å². The van der Waals surface area contributed by atoms with Crippen molar-refractivity contribution in [3.63, 3.8) is 0 Å². The fourth-order valence-corrected chi connectivity index (χ4v) is 1.76. The van der Waals surface area contributed by atoms with Crippen LogP contribution in [0, 0.1) is 5.92 Å². The summed E-state index contributed by atoms with van der Waals surface area (Å²) in [6, 6.07) is 0. The van der Waals surface area contributed by atoms with Crippen LogP contribution in [0.25, 0.3) is 0 Å². The van der Waals surface area contributed by atoms with Gasteiger partial charge in [0, 0.05) is 13.2 Å². The Labute approximate surface area is 96.4 Å². The second kappa shape index (κ2) is 9.99. The lowest BCUT2D eigenvalue weighted by molar-refractivity contribution is 0.0209. The summed E-state index contributed by atoms with van der Waals surface area (Å²) in [7, 11) is 0. The van der Waals surface area contributed by atoms with Crippen molar-refractivity contribution in [2.45, 2.75) is 44.3 Å². The van der Waals surface area contributed by atoms with E-state index in [1.54, 1.807) is 0 Å². The number of aliphatic hydroxyl groups is 5. The van der Waals surface area contributed by atoms with Crippen molar-refractivity contribution in [2.75, 3.05) is 19.8 Å². The van der Waals surface area contributed by atoms with Gasteiger partial charge in [-0.15, -0.1) is 0 Å². The molecule has 3 atom stereocenters. The molecular weight excluding hydrogens is 212 g/mol. The van der Waals surface area contributed by atoms with Crippen LogP contribution in [0.4, 0.5) is 0 Å². The summed E-state index contributed by atoms with van der Waals surface area (Å²) in [4.78, 5) is 0. The Balaban J connectivity index is 3.96. The molecule has 0 radical (unpaired) electrons. The van der Waals surface area contributed by atoms with Crippen molar-refractivity contribution < 1.29 is 25.5 Å². The Hall–Kier alpha value is -0.200. The molecule has 0 bridgehead atoms. The largest absolute Gasteiger partial charge is 0.396 e. The summed E-state index contributed by atoms with van der Waals surface area (Å²) < 4.78 is 0. The molecule has 0 aromatic rings. The first kappa shape index (κ1) is 15.8. The molecule has 0 aliphatic carbocycles. The molecule has 0 aromatic heterocycles. The molecule has 3 unspecified atom stereocenters. The monoisotopic (exact) mass is 236 g/mol. The lowest BCUT2D eigenvalue weighted by atomic mass is 9.89. The Morgan fingerprint density at radius 1 is 0.812 bits per heavy atom. The topological polar surface area (TPSA) is 101 Å². The number of unbranched alkanes of at least 4 members (excludes halogenated alkanes) is 1. The Morgan fingerprint density at radius 2 is 1.50 bits per heavy atom. The molecular formula is C11H24O5. The van der Waals surface area contributed by atoms with Gasteiger partial charge >= 0.3 is 0 Å². The van der Waals surface area contributed by atoms with Gasteiger partial charge in [0.15, 0.2) is 0 Å². The molecule has 0 aliphatic heterocycles. The van der Waals surface area contributed by atoms with Crippen LogP contribution in [0.5, 0.6) is 0 Å². The highest BCUT2D eigenvalue weighted by molar-refractivity contribution is 4.72. The van der Waals surface area contributed by atoms with E-state index < -0.39 is 12.2 Å². The average Bonchev–Trinajstić information content (AvgIpc) is 2.28. The molecule has 0 aromatic carbocycles. The molecule has 0 amide bonds. The SMILES string of the molecule is OCCCCC(O)C(CCO)CC(O)CO. The first-order valence-electron chi connectivity index (χ1n) is 5.84. The van der Waals surface area contributed by atoms with Crippen LogP contribution >= 0.6 is 0 Å². The third-order valence-electron chi connectivity index (χ3n) is 2.74. The zero-order chi connectivity index (χ0) is 12.4. The van der Waals surface area contributed by atoms with Crippen LogP contribution in [-0.4, -0.2) is 57.6 Å².